The number of halogens is 3. The van der Waals surface area contributed by atoms with E-state index in [9.17, 15) is 23.1 Å². The fraction of sp³-hybridized carbons (Fsp3) is 0.633. The number of hydrogen-bond acceptors (Lipinski definition) is 9. The number of aliphatic hydroxyl groups is 1. The normalized spacial score (nSPS) is 23.3. The minimum atomic E-state index is -4.53. The third-order valence-corrected chi connectivity index (χ3v) is 8.16. The second-order valence-corrected chi connectivity index (χ2v) is 12.4. The Labute approximate surface area is 249 Å². The molecule has 236 valence electrons. The molecule has 0 radical (unpaired) electrons. The van der Waals surface area contributed by atoms with Crippen LogP contribution in [0.3, 0.4) is 0 Å². The molecule has 1 unspecified atom stereocenters. The zero-order valence-corrected chi connectivity index (χ0v) is 25.1. The number of amides is 1. The van der Waals surface area contributed by atoms with Crippen molar-refractivity contribution in [1.82, 2.24) is 19.8 Å². The van der Waals surface area contributed by atoms with Crippen LogP contribution in [0.1, 0.15) is 62.1 Å². The van der Waals surface area contributed by atoms with Crippen LogP contribution < -0.4 is 9.64 Å². The highest BCUT2D eigenvalue weighted by Gasteiger charge is 2.39. The van der Waals surface area contributed by atoms with Crippen molar-refractivity contribution in [3.63, 3.8) is 0 Å². The van der Waals surface area contributed by atoms with Gasteiger partial charge in [-0.3, -0.25) is 0 Å². The zero-order chi connectivity index (χ0) is 30.9. The maximum absolute atomic E-state index is 13.8. The molecule has 0 bridgehead atoms. The molecule has 3 aliphatic heterocycles. The summed E-state index contributed by atoms with van der Waals surface area (Å²) < 4.78 is 59.2. The Morgan fingerprint density at radius 2 is 1.88 bits per heavy atom. The van der Waals surface area contributed by atoms with Crippen LogP contribution >= 0.6 is 0 Å². The fourth-order valence-electron chi connectivity index (χ4n) is 5.91. The van der Waals surface area contributed by atoms with E-state index in [0.29, 0.717) is 36.8 Å². The van der Waals surface area contributed by atoms with Crippen molar-refractivity contribution >= 4 is 11.9 Å². The van der Waals surface area contributed by atoms with Gasteiger partial charge in [-0.15, -0.1) is 0 Å². The van der Waals surface area contributed by atoms with Crippen molar-refractivity contribution in [2.24, 2.45) is 0 Å². The maximum Gasteiger partial charge on any atom is 0.416 e. The van der Waals surface area contributed by atoms with Crippen molar-refractivity contribution < 1.29 is 37.3 Å². The fourth-order valence-corrected chi connectivity index (χ4v) is 5.91. The smallest absolute Gasteiger partial charge is 0.416 e. The van der Waals surface area contributed by atoms with Gasteiger partial charge in [-0.2, -0.15) is 23.1 Å². The van der Waals surface area contributed by atoms with Gasteiger partial charge >= 0.3 is 18.3 Å². The van der Waals surface area contributed by atoms with E-state index in [-0.39, 0.29) is 43.8 Å². The number of fused-ring (bicyclic) bond motifs is 1. The average Bonchev–Trinajstić information content (AvgIpc) is 3.38. The molecule has 0 aliphatic carbocycles. The standard InChI is InChI=1S/C30H40F3N5O5/c1-29(2,3)43-28(40)37-12-13-38(20(15-37)16-39)26-22-18-41-25(21-9-5-6-10-23(21)30(31,32)33)14-24(22)34-27(35-26)42-17-19-8-7-11-36(19)4/h5-6,9-10,19-20,25,39H,7-8,11-18H2,1-4H3/t19-,20+,25?/m0/s1. The number of likely N-dealkylation sites (N-methyl/N-ethyl adjacent to an activating group) is 1. The lowest BCUT2D eigenvalue weighted by Gasteiger charge is -2.42. The van der Waals surface area contributed by atoms with Crippen molar-refractivity contribution in [2.75, 3.05) is 51.3 Å². The minimum Gasteiger partial charge on any atom is -0.462 e. The van der Waals surface area contributed by atoms with Crippen LogP contribution in [0.15, 0.2) is 24.3 Å². The van der Waals surface area contributed by atoms with Gasteiger partial charge < -0.3 is 34.0 Å². The summed E-state index contributed by atoms with van der Waals surface area (Å²) in [4.78, 5) is 27.9. The first kappa shape index (κ1) is 31.3. The number of ether oxygens (including phenoxy) is 3. The van der Waals surface area contributed by atoms with Gasteiger partial charge in [-0.1, -0.05) is 18.2 Å². The topological polar surface area (TPSA) is 100 Å². The molecule has 10 nitrogen and oxygen atoms in total. The number of anilines is 1. The van der Waals surface area contributed by atoms with Crippen LogP contribution in [0.4, 0.5) is 23.8 Å². The van der Waals surface area contributed by atoms with Crippen LogP contribution in [-0.2, 0) is 28.7 Å². The monoisotopic (exact) mass is 607 g/mol. The van der Waals surface area contributed by atoms with Crippen molar-refractivity contribution in [2.45, 2.75) is 76.6 Å². The number of aromatic nitrogens is 2. The number of hydrogen-bond donors (Lipinski definition) is 1. The molecule has 43 heavy (non-hydrogen) atoms. The Hall–Kier alpha value is -3.16. The van der Waals surface area contributed by atoms with E-state index in [1.807, 2.05) is 11.9 Å². The Kier molecular flexibility index (Phi) is 9.05. The number of benzene rings is 1. The first-order valence-corrected chi connectivity index (χ1v) is 14.7. The molecule has 1 N–H and O–H groups in total. The Balaban J connectivity index is 1.45. The van der Waals surface area contributed by atoms with E-state index in [4.69, 9.17) is 19.2 Å². The number of rotatable bonds is 6. The van der Waals surface area contributed by atoms with Crippen molar-refractivity contribution in [3.05, 3.63) is 46.6 Å². The first-order valence-electron chi connectivity index (χ1n) is 14.7. The third kappa shape index (κ3) is 7.15. The lowest BCUT2D eigenvalue weighted by Crippen LogP contribution is -2.57. The van der Waals surface area contributed by atoms with E-state index in [1.165, 1.54) is 12.1 Å². The van der Waals surface area contributed by atoms with E-state index in [0.717, 1.165) is 25.5 Å². The summed E-state index contributed by atoms with van der Waals surface area (Å²) in [6.45, 7) is 7.34. The van der Waals surface area contributed by atoms with Crippen molar-refractivity contribution in [1.29, 1.82) is 0 Å². The molecule has 4 heterocycles. The molecular formula is C30H40F3N5O5. The molecule has 1 aromatic heterocycles. The van der Waals surface area contributed by atoms with Gasteiger partial charge in [0.1, 0.15) is 18.0 Å². The second kappa shape index (κ2) is 12.4. The van der Waals surface area contributed by atoms with Gasteiger partial charge in [0.05, 0.1) is 36.6 Å². The lowest BCUT2D eigenvalue weighted by molar-refractivity contribution is -0.139. The molecule has 0 spiro atoms. The molecule has 3 aliphatic rings. The van der Waals surface area contributed by atoms with Crippen LogP contribution in [0.2, 0.25) is 0 Å². The quantitative estimate of drug-likeness (QED) is 0.518. The minimum absolute atomic E-state index is 0.0163. The number of aliphatic hydroxyl groups excluding tert-OH is 1. The summed E-state index contributed by atoms with van der Waals surface area (Å²) >= 11 is 0. The number of carbonyl (C=O) groups excluding carboxylic acids is 1. The highest BCUT2D eigenvalue weighted by Crippen LogP contribution is 2.41. The number of carbonyl (C=O) groups is 1. The molecule has 13 heteroatoms. The number of piperazine rings is 1. The average molecular weight is 608 g/mol. The Morgan fingerprint density at radius 3 is 2.56 bits per heavy atom. The van der Waals surface area contributed by atoms with E-state index in [2.05, 4.69) is 9.88 Å². The van der Waals surface area contributed by atoms with E-state index < -0.39 is 35.6 Å². The van der Waals surface area contributed by atoms with Gasteiger partial charge in [0.15, 0.2) is 0 Å². The highest BCUT2D eigenvalue weighted by atomic mass is 19.4. The SMILES string of the molecule is CN1CCC[C@H]1COc1nc2c(c(N3CCN(C(=O)OC(C)(C)C)C[C@@H]3CO)n1)COC(c1ccccc1C(F)(F)F)C2. The molecule has 1 aromatic carbocycles. The summed E-state index contributed by atoms with van der Waals surface area (Å²) in [5.74, 6) is 0.491. The van der Waals surface area contributed by atoms with Crippen molar-refractivity contribution in [3.8, 4) is 6.01 Å². The molecule has 5 rings (SSSR count). The molecular weight excluding hydrogens is 567 g/mol. The summed E-state index contributed by atoms with van der Waals surface area (Å²) in [7, 11) is 2.04. The number of likely N-dealkylation sites (tertiary alicyclic amines) is 1. The zero-order valence-electron chi connectivity index (χ0n) is 25.1. The summed E-state index contributed by atoms with van der Waals surface area (Å²) in [5, 5.41) is 10.4. The number of alkyl halides is 3. The Morgan fingerprint density at radius 1 is 1.12 bits per heavy atom. The van der Waals surface area contributed by atoms with Crippen LogP contribution in [0.25, 0.3) is 0 Å². The van der Waals surface area contributed by atoms with Gasteiger partial charge in [0, 0.05) is 37.7 Å². The molecule has 2 fully saturated rings. The Bertz CT molecular complexity index is 1300. The lowest BCUT2D eigenvalue weighted by atomic mass is 9.95. The van der Waals surface area contributed by atoms with Gasteiger partial charge in [-0.25, -0.2) is 4.79 Å². The molecule has 3 atom stereocenters. The van der Waals surface area contributed by atoms with Crippen LogP contribution in [0, 0.1) is 0 Å². The summed E-state index contributed by atoms with van der Waals surface area (Å²) in [6, 6.07) is 5.26. The molecule has 2 aromatic rings. The van der Waals surface area contributed by atoms with E-state index in [1.54, 1.807) is 31.7 Å². The predicted octanol–water partition coefficient (Wildman–Crippen LogP) is 4.20. The second-order valence-electron chi connectivity index (χ2n) is 12.4. The first-order chi connectivity index (χ1) is 20.3. The maximum atomic E-state index is 13.8. The van der Waals surface area contributed by atoms with Gasteiger partial charge in [0.25, 0.3) is 0 Å². The summed E-state index contributed by atoms with van der Waals surface area (Å²) in [5.41, 5.74) is -0.172. The van der Waals surface area contributed by atoms with Gasteiger partial charge in [0.2, 0.25) is 0 Å². The van der Waals surface area contributed by atoms with Gasteiger partial charge in [-0.05, 0) is 58.8 Å². The highest BCUT2D eigenvalue weighted by molar-refractivity contribution is 5.69. The van der Waals surface area contributed by atoms with Crippen LogP contribution in [-0.4, -0.2) is 95.1 Å². The molecule has 1 amide bonds. The largest absolute Gasteiger partial charge is 0.462 e. The van der Waals surface area contributed by atoms with Crippen LogP contribution in [0.5, 0.6) is 6.01 Å². The molecule has 0 saturated carbocycles. The number of nitrogens with zero attached hydrogens (tertiary/aromatic N) is 5. The molecule has 2 saturated heterocycles. The van der Waals surface area contributed by atoms with E-state index >= 15 is 0 Å². The third-order valence-electron chi connectivity index (χ3n) is 8.16. The summed E-state index contributed by atoms with van der Waals surface area (Å²) in [6.07, 6.45) is -3.70. The predicted molar refractivity (Wildman–Crippen MR) is 152 cm³/mol.